The van der Waals surface area contributed by atoms with Gasteiger partial charge in [-0.05, 0) is 50.2 Å². The third-order valence-electron chi connectivity index (χ3n) is 4.49. The average molecular weight is 275 g/mol. The summed E-state index contributed by atoms with van der Waals surface area (Å²) in [4.78, 5) is 13.4. The minimum atomic E-state index is -0.0125. The molecule has 0 radical (unpaired) electrons. The average Bonchev–Trinajstić information content (AvgIpc) is 3.02. The van der Waals surface area contributed by atoms with Gasteiger partial charge >= 0.3 is 0 Å². The first-order valence-corrected chi connectivity index (χ1v) is 8.12. The maximum absolute atomic E-state index is 12.2. The van der Waals surface area contributed by atoms with Gasteiger partial charge in [0.05, 0.1) is 5.25 Å². The van der Waals surface area contributed by atoms with Gasteiger partial charge in [0.25, 0.3) is 0 Å². The number of thioether (sulfide) groups is 1. The van der Waals surface area contributed by atoms with Crippen molar-refractivity contribution < 1.29 is 4.79 Å². The van der Waals surface area contributed by atoms with Crippen molar-refractivity contribution in [2.75, 3.05) is 0 Å². The molecule has 2 aliphatic carbocycles. The molecule has 0 saturated heterocycles. The fourth-order valence-corrected chi connectivity index (χ4v) is 4.38. The van der Waals surface area contributed by atoms with Crippen molar-refractivity contribution in [1.29, 1.82) is 0 Å². The van der Waals surface area contributed by atoms with Crippen LogP contribution in [-0.2, 0) is 4.79 Å². The molecule has 0 unspecified atom stereocenters. The lowest BCUT2D eigenvalue weighted by molar-refractivity contribution is -0.121. The smallest absolute Gasteiger partial charge is 0.233 e. The van der Waals surface area contributed by atoms with Crippen molar-refractivity contribution in [3.05, 3.63) is 30.3 Å². The van der Waals surface area contributed by atoms with Crippen LogP contribution in [0.3, 0.4) is 0 Å². The van der Waals surface area contributed by atoms with Gasteiger partial charge in [0, 0.05) is 10.9 Å². The maximum Gasteiger partial charge on any atom is 0.233 e. The summed E-state index contributed by atoms with van der Waals surface area (Å²) >= 11 is 1.64. The summed E-state index contributed by atoms with van der Waals surface area (Å²) in [6.07, 6.45) is 5.24. The minimum absolute atomic E-state index is 0.0125. The lowest BCUT2D eigenvalue weighted by Gasteiger charge is -2.24. The molecule has 1 amide bonds. The van der Waals surface area contributed by atoms with Crippen molar-refractivity contribution in [2.45, 2.75) is 48.8 Å². The molecule has 1 aromatic rings. The molecule has 0 spiro atoms. The third kappa shape index (κ3) is 2.97. The predicted molar refractivity (Wildman–Crippen MR) is 79.1 cm³/mol. The van der Waals surface area contributed by atoms with Crippen LogP contribution >= 0.6 is 11.8 Å². The van der Waals surface area contributed by atoms with Gasteiger partial charge in [0.15, 0.2) is 0 Å². The summed E-state index contributed by atoms with van der Waals surface area (Å²) in [6.45, 7) is 2.00. The molecular weight excluding hydrogens is 254 g/mol. The molecule has 19 heavy (non-hydrogen) atoms. The predicted octanol–water partition coefficient (Wildman–Crippen LogP) is 3.47. The van der Waals surface area contributed by atoms with E-state index in [9.17, 15) is 4.79 Å². The van der Waals surface area contributed by atoms with Crippen LogP contribution in [0.15, 0.2) is 35.2 Å². The van der Waals surface area contributed by atoms with Gasteiger partial charge in [-0.1, -0.05) is 24.6 Å². The molecule has 3 rings (SSSR count). The molecule has 2 fully saturated rings. The van der Waals surface area contributed by atoms with Crippen molar-refractivity contribution >= 4 is 17.7 Å². The molecule has 1 aromatic carbocycles. The summed E-state index contributed by atoms with van der Waals surface area (Å²) in [5, 5.41) is 3.26. The second kappa shape index (κ2) is 5.58. The zero-order valence-corrected chi connectivity index (χ0v) is 12.2. The summed E-state index contributed by atoms with van der Waals surface area (Å²) < 4.78 is 0. The Morgan fingerprint density at radius 3 is 2.68 bits per heavy atom. The topological polar surface area (TPSA) is 29.1 Å². The van der Waals surface area contributed by atoms with E-state index in [0.717, 1.165) is 16.7 Å². The number of nitrogens with one attached hydrogen (secondary N) is 1. The molecule has 1 N–H and O–H groups in total. The Kier molecular flexibility index (Phi) is 3.83. The van der Waals surface area contributed by atoms with E-state index in [1.807, 2.05) is 25.1 Å². The SMILES string of the molecule is C[C@@H](Sc1ccccc1)C(=O)N[C@H]1C[C@@H]2CC[C@@H]1C2. The van der Waals surface area contributed by atoms with E-state index in [-0.39, 0.29) is 11.2 Å². The lowest BCUT2D eigenvalue weighted by atomic mass is 9.95. The van der Waals surface area contributed by atoms with Crippen molar-refractivity contribution in [3.8, 4) is 0 Å². The highest BCUT2D eigenvalue weighted by Crippen LogP contribution is 2.44. The van der Waals surface area contributed by atoms with Crippen LogP contribution in [0.1, 0.15) is 32.6 Å². The van der Waals surface area contributed by atoms with Crippen molar-refractivity contribution in [2.24, 2.45) is 11.8 Å². The first kappa shape index (κ1) is 13.0. The monoisotopic (exact) mass is 275 g/mol. The Bertz CT molecular complexity index is 447. The fraction of sp³-hybridized carbons (Fsp3) is 0.562. The van der Waals surface area contributed by atoms with Crippen LogP contribution in [0.2, 0.25) is 0 Å². The molecule has 102 valence electrons. The largest absolute Gasteiger partial charge is 0.352 e. The molecule has 0 aliphatic heterocycles. The second-order valence-electron chi connectivity index (χ2n) is 5.86. The van der Waals surface area contributed by atoms with Crippen LogP contribution in [0.4, 0.5) is 0 Å². The standard InChI is InChI=1S/C16H21NOS/c1-11(19-14-5-3-2-4-6-14)16(18)17-15-10-12-7-8-13(15)9-12/h2-6,11-13,15H,7-10H2,1H3,(H,17,18)/t11-,12-,13-,15+/m1/s1. The Labute approximate surface area is 119 Å². The van der Waals surface area contributed by atoms with E-state index in [1.165, 1.54) is 25.7 Å². The lowest BCUT2D eigenvalue weighted by Crippen LogP contribution is -2.42. The Hall–Kier alpha value is -0.960. The van der Waals surface area contributed by atoms with E-state index in [2.05, 4.69) is 17.4 Å². The van der Waals surface area contributed by atoms with Gasteiger partial charge in [-0.25, -0.2) is 0 Å². The van der Waals surface area contributed by atoms with E-state index < -0.39 is 0 Å². The molecule has 2 aliphatic rings. The number of amides is 1. The van der Waals surface area contributed by atoms with Gasteiger partial charge in [-0.2, -0.15) is 0 Å². The Morgan fingerprint density at radius 1 is 1.26 bits per heavy atom. The van der Waals surface area contributed by atoms with E-state index in [1.54, 1.807) is 11.8 Å². The summed E-state index contributed by atoms with van der Waals surface area (Å²) in [5.41, 5.74) is 0. The first-order valence-electron chi connectivity index (χ1n) is 7.24. The number of carbonyl (C=O) groups is 1. The van der Waals surface area contributed by atoms with Gasteiger partial charge in [-0.3, -0.25) is 4.79 Å². The molecule has 2 saturated carbocycles. The van der Waals surface area contributed by atoms with Crippen molar-refractivity contribution in [1.82, 2.24) is 5.32 Å². The molecule has 2 bridgehead atoms. The van der Waals surface area contributed by atoms with Gasteiger partial charge in [-0.15, -0.1) is 11.8 Å². The summed E-state index contributed by atoms with van der Waals surface area (Å²) in [6, 6.07) is 10.6. The van der Waals surface area contributed by atoms with Crippen molar-refractivity contribution in [3.63, 3.8) is 0 Å². The number of hydrogen-bond acceptors (Lipinski definition) is 2. The number of fused-ring (bicyclic) bond motifs is 2. The fourth-order valence-electron chi connectivity index (χ4n) is 3.48. The molecule has 4 atom stereocenters. The normalized spacial score (nSPS) is 30.3. The quantitative estimate of drug-likeness (QED) is 0.852. The maximum atomic E-state index is 12.2. The summed E-state index contributed by atoms with van der Waals surface area (Å²) in [7, 11) is 0. The number of hydrogen-bond donors (Lipinski definition) is 1. The molecule has 0 aromatic heterocycles. The highest BCUT2D eigenvalue weighted by atomic mass is 32.2. The molecule has 3 heteroatoms. The van der Waals surface area contributed by atoms with Crippen LogP contribution < -0.4 is 5.32 Å². The molecule has 0 heterocycles. The van der Waals surface area contributed by atoms with E-state index >= 15 is 0 Å². The van der Waals surface area contributed by atoms with Gasteiger partial charge in [0.2, 0.25) is 5.91 Å². The van der Waals surface area contributed by atoms with E-state index in [4.69, 9.17) is 0 Å². The van der Waals surface area contributed by atoms with Crippen LogP contribution in [0.5, 0.6) is 0 Å². The second-order valence-corrected chi connectivity index (χ2v) is 7.28. The zero-order chi connectivity index (χ0) is 13.2. The summed E-state index contributed by atoms with van der Waals surface area (Å²) in [5.74, 6) is 1.83. The zero-order valence-electron chi connectivity index (χ0n) is 11.3. The van der Waals surface area contributed by atoms with Crippen LogP contribution in [0, 0.1) is 11.8 Å². The Balaban J connectivity index is 1.53. The molecular formula is C16H21NOS. The first-order chi connectivity index (χ1) is 9.22. The molecule has 2 nitrogen and oxygen atoms in total. The minimum Gasteiger partial charge on any atom is -0.352 e. The Morgan fingerprint density at radius 2 is 2.05 bits per heavy atom. The number of carbonyl (C=O) groups excluding carboxylic acids is 1. The van der Waals surface area contributed by atoms with Crippen LogP contribution in [0.25, 0.3) is 0 Å². The van der Waals surface area contributed by atoms with Gasteiger partial charge in [0.1, 0.15) is 0 Å². The van der Waals surface area contributed by atoms with Gasteiger partial charge < -0.3 is 5.32 Å². The highest BCUT2D eigenvalue weighted by molar-refractivity contribution is 8.00. The number of benzene rings is 1. The van der Waals surface area contributed by atoms with E-state index in [0.29, 0.717) is 6.04 Å². The highest BCUT2D eigenvalue weighted by Gasteiger charge is 2.40. The number of rotatable bonds is 4. The third-order valence-corrected chi connectivity index (χ3v) is 5.60. The van der Waals surface area contributed by atoms with Crippen LogP contribution in [-0.4, -0.2) is 17.2 Å².